The summed E-state index contributed by atoms with van der Waals surface area (Å²) in [5, 5.41) is 24.1. The highest BCUT2D eigenvalue weighted by atomic mass is 16.4. The van der Waals surface area contributed by atoms with Gasteiger partial charge in [0.25, 0.3) is 0 Å². The van der Waals surface area contributed by atoms with Crippen molar-refractivity contribution in [1.82, 2.24) is 16.0 Å². The Morgan fingerprint density at radius 3 is 2.00 bits per heavy atom. The van der Waals surface area contributed by atoms with Crippen molar-refractivity contribution in [2.24, 2.45) is 17.4 Å². The van der Waals surface area contributed by atoms with E-state index in [1.54, 1.807) is 0 Å². The third-order valence-electron chi connectivity index (χ3n) is 3.81. The van der Waals surface area contributed by atoms with E-state index in [0.717, 1.165) is 0 Å². The Balaban J connectivity index is 4.92. The van der Waals surface area contributed by atoms with E-state index in [1.807, 2.05) is 19.2 Å². The monoisotopic (exact) mass is 431 g/mol. The predicted molar refractivity (Wildman–Crippen MR) is 103 cm³/mol. The normalized spacial score (nSPS) is 13.6. The molecule has 3 unspecified atom stereocenters. The first-order chi connectivity index (χ1) is 13.8. The van der Waals surface area contributed by atoms with Crippen LogP contribution in [0.2, 0.25) is 0 Å². The molecule has 9 N–H and O–H groups in total. The second-order valence-electron chi connectivity index (χ2n) is 7.08. The third kappa shape index (κ3) is 11.6. The van der Waals surface area contributed by atoms with Gasteiger partial charge in [0, 0.05) is 6.42 Å². The second-order valence-corrected chi connectivity index (χ2v) is 7.08. The first kappa shape index (κ1) is 26.8. The van der Waals surface area contributed by atoms with E-state index < -0.39 is 66.7 Å². The number of primary amides is 1. The van der Waals surface area contributed by atoms with Crippen molar-refractivity contribution in [2.75, 3.05) is 6.54 Å². The molecule has 30 heavy (non-hydrogen) atoms. The largest absolute Gasteiger partial charge is 0.481 e. The van der Waals surface area contributed by atoms with Crippen molar-refractivity contribution >= 4 is 35.6 Å². The quantitative estimate of drug-likeness (QED) is 0.151. The number of carboxylic acids is 2. The van der Waals surface area contributed by atoms with Gasteiger partial charge in [0.05, 0.1) is 19.0 Å². The smallest absolute Gasteiger partial charge is 0.326 e. The van der Waals surface area contributed by atoms with Crippen LogP contribution in [0.5, 0.6) is 0 Å². The summed E-state index contributed by atoms with van der Waals surface area (Å²) in [5.74, 6) is -5.95. The topological polar surface area (TPSA) is 231 Å². The molecule has 0 fully saturated rings. The Morgan fingerprint density at radius 1 is 0.933 bits per heavy atom. The van der Waals surface area contributed by atoms with Gasteiger partial charge < -0.3 is 37.6 Å². The minimum absolute atomic E-state index is 0.125. The van der Waals surface area contributed by atoms with Crippen molar-refractivity contribution in [3.8, 4) is 0 Å². The molecular formula is C17H29N5O8. The van der Waals surface area contributed by atoms with Gasteiger partial charge in [0.1, 0.15) is 12.1 Å². The summed E-state index contributed by atoms with van der Waals surface area (Å²) in [6, 6.07) is -3.76. The molecule has 0 spiro atoms. The van der Waals surface area contributed by atoms with Crippen LogP contribution in [0.1, 0.15) is 39.5 Å². The number of carbonyl (C=O) groups excluding carboxylic acids is 4. The number of aliphatic carboxylic acids is 2. The number of hydrogen-bond donors (Lipinski definition) is 7. The highest BCUT2D eigenvalue weighted by molar-refractivity contribution is 5.93. The molecule has 170 valence electrons. The molecule has 0 aromatic carbocycles. The van der Waals surface area contributed by atoms with E-state index in [-0.39, 0.29) is 18.8 Å². The molecule has 0 saturated heterocycles. The van der Waals surface area contributed by atoms with Crippen LogP contribution < -0.4 is 27.4 Å². The number of amides is 4. The number of rotatable bonds is 14. The number of nitrogens with two attached hydrogens (primary N) is 2. The lowest BCUT2D eigenvalue weighted by atomic mass is 10.0. The predicted octanol–water partition coefficient (Wildman–Crippen LogP) is -2.73. The summed E-state index contributed by atoms with van der Waals surface area (Å²) in [5.41, 5.74) is 10.8. The fraction of sp³-hybridized carbons (Fsp3) is 0.647. The van der Waals surface area contributed by atoms with Gasteiger partial charge in [0.15, 0.2) is 0 Å². The molecule has 0 radical (unpaired) electrons. The van der Waals surface area contributed by atoms with Crippen molar-refractivity contribution in [3.63, 3.8) is 0 Å². The van der Waals surface area contributed by atoms with Crippen LogP contribution in [0.4, 0.5) is 0 Å². The van der Waals surface area contributed by atoms with Crippen molar-refractivity contribution < 1.29 is 39.0 Å². The van der Waals surface area contributed by atoms with Crippen LogP contribution in [0.3, 0.4) is 0 Å². The van der Waals surface area contributed by atoms with Crippen molar-refractivity contribution in [2.45, 2.75) is 57.7 Å². The number of hydrogen-bond acceptors (Lipinski definition) is 7. The lowest BCUT2D eigenvalue weighted by molar-refractivity contribution is -0.147. The summed E-state index contributed by atoms with van der Waals surface area (Å²) >= 11 is 0. The molecule has 13 nitrogen and oxygen atoms in total. The molecule has 0 rings (SSSR count). The molecule has 0 aliphatic carbocycles. The highest BCUT2D eigenvalue weighted by Gasteiger charge is 2.26. The molecule has 3 atom stereocenters. The first-order valence-electron chi connectivity index (χ1n) is 9.19. The van der Waals surface area contributed by atoms with Crippen LogP contribution >= 0.6 is 0 Å². The summed E-state index contributed by atoms with van der Waals surface area (Å²) in [7, 11) is 0. The van der Waals surface area contributed by atoms with E-state index in [1.165, 1.54) is 0 Å². The maximum atomic E-state index is 12.3. The zero-order valence-corrected chi connectivity index (χ0v) is 16.8. The SMILES string of the molecule is CC(C)CC(N)C(=O)NC(CCC(N)=O)C(=O)NCC(=O)NC(CC(=O)O)C(=O)O. The maximum absolute atomic E-state index is 12.3. The Hall–Kier alpha value is -3.22. The summed E-state index contributed by atoms with van der Waals surface area (Å²) in [6.45, 7) is 3.04. The molecule has 0 bridgehead atoms. The Labute approximate surface area is 172 Å². The van der Waals surface area contributed by atoms with Crippen LogP contribution in [0.25, 0.3) is 0 Å². The van der Waals surface area contributed by atoms with Crippen LogP contribution in [0.15, 0.2) is 0 Å². The molecule has 0 saturated carbocycles. The van der Waals surface area contributed by atoms with Crippen LogP contribution in [-0.4, -0.2) is 70.5 Å². The summed E-state index contributed by atoms with van der Waals surface area (Å²) in [4.78, 5) is 68.9. The Kier molecular flexibility index (Phi) is 11.7. The fourth-order valence-electron chi connectivity index (χ4n) is 2.36. The molecular weight excluding hydrogens is 402 g/mol. The Bertz CT molecular complexity index is 667. The molecule has 0 heterocycles. The van der Waals surface area contributed by atoms with Crippen LogP contribution in [0, 0.1) is 5.92 Å². The minimum atomic E-state index is -1.67. The summed E-state index contributed by atoms with van der Waals surface area (Å²) in [6.07, 6.45) is -0.845. The second kappa shape index (κ2) is 13.1. The third-order valence-corrected chi connectivity index (χ3v) is 3.81. The molecule has 0 aliphatic rings. The van der Waals surface area contributed by atoms with Gasteiger partial charge >= 0.3 is 11.9 Å². The van der Waals surface area contributed by atoms with Crippen molar-refractivity contribution in [3.05, 3.63) is 0 Å². The van der Waals surface area contributed by atoms with Crippen molar-refractivity contribution in [1.29, 1.82) is 0 Å². The highest BCUT2D eigenvalue weighted by Crippen LogP contribution is 2.04. The van der Waals surface area contributed by atoms with E-state index in [9.17, 15) is 28.8 Å². The average molecular weight is 431 g/mol. The average Bonchev–Trinajstić information content (AvgIpc) is 2.61. The molecule has 4 amide bonds. The lowest BCUT2D eigenvalue weighted by Gasteiger charge is -2.21. The van der Waals surface area contributed by atoms with Gasteiger partial charge in [-0.25, -0.2) is 4.79 Å². The van der Waals surface area contributed by atoms with Gasteiger partial charge in [-0.1, -0.05) is 13.8 Å². The first-order valence-corrected chi connectivity index (χ1v) is 9.19. The van der Waals surface area contributed by atoms with E-state index >= 15 is 0 Å². The van der Waals surface area contributed by atoms with Gasteiger partial charge in [-0.3, -0.25) is 24.0 Å². The maximum Gasteiger partial charge on any atom is 0.326 e. The molecule has 0 aromatic rings. The molecule has 0 aromatic heterocycles. The number of carboxylic acid groups (broad SMARTS) is 2. The minimum Gasteiger partial charge on any atom is -0.481 e. The van der Waals surface area contributed by atoms with Gasteiger partial charge in [-0.15, -0.1) is 0 Å². The number of carbonyl (C=O) groups is 6. The Morgan fingerprint density at radius 2 is 1.53 bits per heavy atom. The molecule has 0 aliphatic heterocycles. The van der Waals surface area contributed by atoms with E-state index in [4.69, 9.17) is 21.7 Å². The molecule has 13 heteroatoms. The standard InChI is InChI=1S/C17H29N5O8/c1-8(2)5-9(18)15(27)22-10(3-4-12(19)23)16(28)20-7-13(24)21-11(17(29)30)6-14(25)26/h8-11H,3-7,18H2,1-2H3,(H2,19,23)(H,20,28)(H,21,24)(H,22,27)(H,25,26)(H,29,30). The van der Waals surface area contributed by atoms with Gasteiger partial charge in [-0.2, -0.15) is 0 Å². The summed E-state index contributed by atoms with van der Waals surface area (Å²) < 4.78 is 0. The van der Waals surface area contributed by atoms with Gasteiger partial charge in [0.2, 0.25) is 23.6 Å². The van der Waals surface area contributed by atoms with Gasteiger partial charge in [-0.05, 0) is 18.8 Å². The fourth-order valence-corrected chi connectivity index (χ4v) is 2.36. The van der Waals surface area contributed by atoms with Crippen LogP contribution in [-0.2, 0) is 28.8 Å². The van der Waals surface area contributed by atoms with E-state index in [2.05, 4.69) is 10.6 Å². The van der Waals surface area contributed by atoms with E-state index in [0.29, 0.717) is 6.42 Å². The lowest BCUT2D eigenvalue weighted by Crippen LogP contribution is -2.54. The number of nitrogens with one attached hydrogen (secondary N) is 3. The zero-order chi connectivity index (χ0) is 23.4. The zero-order valence-electron chi connectivity index (χ0n) is 16.8.